The third-order valence-electron chi connectivity index (χ3n) is 3.18. The lowest BCUT2D eigenvalue weighted by atomic mass is 10.0. The number of rotatable bonds is 6. The van der Waals surface area contributed by atoms with Gasteiger partial charge < -0.3 is 14.4 Å². The largest absolute Gasteiger partial charge is 0.387 e. The van der Waals surface area contributed by atoms with E-state index >= 15 is 0 Å². The molecule has 0 aliphatic heterocycles. The Bertz CT molecular complexity index is 546. The third-order valence-corrected chi connectivity index (χ3v) is 3.18. The van der Waals surface area contributed by atoms with Gasteiger partial charge in [-0.15, -0.1) is 0 Å². The zero-order valence-electron chi connectivity index (χ0n) is 11.9. The van der Waals surface area contributed by atoms with E-state index in [9.17, 15) is 5.11 Å². The Morgan fingerprint density at radius 3 is 2.79 bits per heavy atom. The Kier molecular flexibility index (Phi) is 4.22. The Labute approximate surface area is 114 Å². The van der Waals surface area contributed by atoms with Gasteiger partial charge in [-0.3, -0.25) is 0 Å². The molecule has 0 bridgehead atoms. The van der Waals surface area contributed by atoms with Crippen molar-refractivity contribution in [3.63, 3.8) is 0 Å². The number of imidazole rings is 1. The van der Waals surface area contributed by atoms with Crippen LogP contribution in [0.1, 0.15) is 26.1 Å². The molecule has 1 atom stereocenters. The van der Waals surface area contributed by atoms with Gasteiger partial charge in [0.25, 0.3) is 0 Å². The minimum Gasteiger partial charge on any atom is -0.387 e. The van der Waals surface area contributed by atoms with Crippen LogP contribution in [-0.2, 0) is 17.7 Å². The fourth-order valence-electron chi connectivity index (χ4n) is 2.44. The first-order valence-electron chi connectivity index (χ1n) is 6.73. The first-order chi connectivity index (χ1) is 9.07. The highest BCUT2D eigenvalue weighted by Crippen LogP contribution is 2.20. The molecule has 0 fully saturated rings. The van der Waals surface area contributed by atoms with Crippen molar-refractivity contribution in [1.82, 2.24) is 9.55 Å². The van der Waals surface area contributed by atoms with Crippen molar-refractivity contribution in [2.75, 3.05) is 13.7 Å². The minimum absolute atomic E-state index is 0.308. The first kappa shape index (κ1) is 14.0. The van der Waals surface area contributed by atoms with Gasteiger partial charge in [0, 0.05) is 20.1 Å². The second-order valence-corrected chi connectivity index (χ2v) is 5.28. The van der Waals surface area contributed by atoms with E-state index in [2.05, 4.69) is 22.5 Å². The van der Waals surface area contributed by atoms with Crippen molar-refractivity contribution in [3.05, 3.63) is 30.1 Å². The molecule has 104 valence electrons. The van der Waals surface area contributed by atoms with Gasteiger partial charge in [0.15, 0.2) is 0 Å². The summed E-state index contributed by atoms with van der Waals surface area (Å²) in [6.07, 6.45) is 1.54. The molecule has 1 aromatic carbocycles. The van der Waals surface area contributed by atoms with E-state index in [-0.39, 0.29) is 0 Å². The van der Waals surface area contributed by atoms with E-state index in [0.29, 0.717) is 13.0 Å². The van der Waals surface area contributed by atoms with Crippen LogP contribution in [0.2, 0.25) is 0 Å². The van der Waals surface area contributed by atoms with Crippen molar-refractivity contribution in [3.8, 4) is 0 Å². The van der Waals surface area contributed by atoms with E-state index in [1.165, 1.54) is 0 Å². The zero-order valence-corrected chi connectivity index (χ0v) is 11.9. The second-order valence-electron chi connectivity index (χ2n) is 5.28. The summed E-state index contributed by atoms with van der Waals surface area (Å²) in [6.45, 7) is 5.15. The predicted octanol–water partition coefficient (Wildman–Crippen LogP) is 2.39. The number of benzene rings is 1. The Morgan fingerprint density at radius 2 is 2.11 bits per heavy atom. The van der Waals surface area contributed by atoms with Crippen molar-refractivity contribution < 1.29 is 9.84 Å². The van der Waals surface area contributed by atoms with Crippen LogP contribution in [0.15, 0.2) is 24.3 Å². The maximum atomic E-state index is 10.3. The van der Waals surface area contributed by atoms with Crippen LogP contribution in [0.25, 0.3) is 11.0 Å². The molecule has 1 N–H and O–H groups in total. The zero-order chi connectivity index (χ0) is 13.9. The molecular formula is C15H22N2O2. The van der Waals surface area contributed by atoms with Gasteiger partial charge in [0.05, 0.1) is 23.2 Å². The van der Waals surface area contributed by atoms with Crippen LogP contribution in [0, 0.1) is 0 Å². The molecule has 19 heavy (non-hydrogen) atoms. The van der Waals surface area contributed by atoms with Gasteiger partial charge in [0.1, 0.15) is 5.82 Å². The van der Waals surface area contributed by atoms with Crippen LogP contribution in [0.4, 0.5) is 0 Å². The summed E-state index contributed by atoms with van der Waals surface area (Å²) in [5.41, 5.74) is 1.23. The van der Waals surface area contributed by atoms with Crippen LogP contribution < -0.4 is 0 Å². The number of para-hydroxylation sites is 2. The smallest absolute Gasteiger partial charge is 0.112 e. The first-order valence-corrected chi connectivity index (χ1v) is 6.73. The number of aromatic nitrogens is 2. The molecule has 1 unspecified atom stereocenters. The molecule has 0 radical (unpaired) electrons. The van der Waals surface area contributed by atoms with Crippen LogP contribution >= 0.6 is 0 Å². The van der Waals surface area contributed by atoms with Gasteiger partial charge in [-0.1, -0.05) is 19.1 Å². The lowest BCUT2D eigenvalue weighted by Crippen LogP contribution is -2.34. The van der Waals surface area contributed by atoms with Crippen LogP contribution in [-0.4, -0.2) is 34.0 Å². The number of aliphatic hydroxyl groups is 1. The van der Waals surface area contributed by atoms with Crippen LogP contribution in [0.3, 0.4) is 0 Å². The monoisotopic (exact) mass is 262 g/mol. The van der Waals surface area contributed by atoms with E-state index in [4.69, 9.17) is 4.74 Å². The summed E-state index contributed by atoms with van der Waals surface area (Å²) in [5, 5.41) is 10.3. The summed E-state index contributed by atoms with van der Waals surface area (Å²) < 4.78 is 7.26. The Morgan fingerprint density at radius 1 is 1.37 bits per heavy atom. The molecule has 4 heteroatoms. The van der Waals surface area contributed by atoms with Crippen molar-refractivity contribution in [2.45, 2.75) is 38.8 Å². The number of nitrogens with zero attached hydrogens (tertiary/aromatic N) is 2. The minimum atomic E-state index is -0.887. The molecule has 1 heterocycles. The Hall–Kier alpha value is -1.39. The highest BCUT2D eigenvalue weighted by atomic mass is 16.5. The van der Waals surface area contributed by atoms with Crippen LogP contribution in [0.5, 0.6) is 0 Å². The predicted molar refractivity (Wildman–Crippen MR) is 76.2 cm³/mol. The summed E-state index contributed by atoms with van der Waals surface area (Å²) in [4.78, 5) is 4.65. The normalized spacial score (nSPS) is 14.7. The highest BCUT2D eigenvalue weighted by molar-refractivity contribution is 5.75. The average Bonchev–Trinajstić information content (AvgIpc) is 2.67. The number of hydrogen-bond acceptors (Lipinski definition) is 3. The second kappa shape index (κ2) is 5.72. The van der Waals surface area contributed by atoms with Gasteiger partial charge in [-0.25, -0.2) is 4.98 Å². The molecule has 0 spiro atoms. The SMILES string of the molecule is CCCn1c(CC(C)(O)COC)nc2ccccc21. The van der Waals surface area contributed by atoms with E-state index in [0.717, 1.165) is 29.8 Å². The number of ether oxygens (including phenoxy) is 1. The summed E-state index contributed by atoms with van der Waals surface area (Å²) in [7, 11) is 1.60. The molecule has 2 rings (SSSR count). The maximum absolute atomic E-state index is 10.3. The van der Waals surface area contributed by atoms with E-state index in [1.807, 2.05) is 18.2 Å². The fourth-order valence-corrected chi connectivity index (χ4v) is 2.44. The fraction of sp³-hybridized carbons (Fsp3) is 0.533. The van der Waals surface area contributed by atoms with Gasteiger partial charge >= 0.3 is 0 Å². The lowest BCUT2D eigenvalue weighted by molar-refractivity contribution is -0.0178. The number of aryl methyl sites for hydroxylation is 1. The average molecular weight is 262 g/mol. The highest BCUT2D eigenvalue weighted by Gasteiger charge is 2.24. The van der Waals surface area contributed by atoms with Crippen molar-refractivity contribution in [2.24, 2.45) is 0 Å². The Balaban J connectivity index is 2.38. The molecule has 0 amide bonds. The van der Waals surface area contributed by atoms with Crippen molar-refractivity contribution in [1.29, 1.82) is 0 Å². The molecule has 0 saturated carbocycles. The van der Waals surface area contributed by atoms with E-state index < -0.39 is 5.60 Å². The van der Waals surface area contributed by atoms with Gasteiger partial charge in [-0.05, 0) is 25.5 Å². The van der Waals surface area contributed by atoms with E-state index in [1.54, 1.807) is 14.0 Å². The quantitative estimate of drug-likeness (QED) is 0.869. The standard InChI is InChI=1S/C15H22N2O2/c1-4-9-17-13-8-6-5-7-12(13)16-14(17)10-15(2,18)11-19-3/h5-8,18H,4,9-11H2,1-3H3. The molecule has 0 aliphatic rings. The number of hydrogen-bond donors (Lipinski definition) is 1. The topological polar surface area (TPSA) is 47.3 Å². The number of fused-ring (bicyclic) bond motifs is 1. The van der Waals surface area contributed by atoms with Gasteiger partial charge in [-0.2, -0.15) is 0 Å². The third kappa shape index (κ3) is 3.14. The van der Waals surface area contributed by atoms with Crippen molar-refractivity contribution >= 4 is 11.0 Å². The molecule has 1 aromatic heterocycles. The molecule has 0 aliphatic carbocycles. The summed E-state index contributed by atoms with van der Waals surface area (Å²) in [5.74, 6) is 0.921. The summed E-state index contributed by atoms with van der Waals surface area (Å²) in [6, 6.07) is 8.10. The molecule has 2 aromatic rings. The molecule has 4 nitrogen and oxygen atoms in total. The summed E-state index contributed by atoms with van der Waals surface area (Å²) >= 11 is 0. The van der Waals surface area contributed by atoms with Gasteiger partial charge in [0.2, 0.25) is 0 Å². The number of methoxy groups -OCH3 is 1. The molecular weight excluding hydrogens is 240 g/mol. The molecule has 0 saturated heterocycles. The maximum Gasteiger partial charge on any atom is 0.112 e. The lowest BCUT2D eigenvalue weighted by Gasteiger charge is -2.22.